The minimum Gasteiger partial charge on any atom is -0.497 e. The number of methoxy groups -OCH3 is 2. The third kappa shape index (κ3) is 6.43. The van der Waals surface area contributed by atoms with Crippen molar-refractivity contribution in [3.05, 3.63) is 41.7 Å². The van der Waals surface area contributed by atoms with Crippen molar-refractivity contribution in [1.82, 2.24) is 19.8 Å². The molecule has 1 saturated carbocycles. The molecule has 2 aromatic rings. The zero-order valence-electron chi connectivity index (χ0n) is 18.9. The smallest absolute Gasteiger partial charge is 0.228 e. The molecule has 10 heteroatoms. The van der Waals surface area contributed by atoms with Crippen LogP contribution in [0.2, 0.25) is 0 Å². The van der Waals surface area contributed by atoms with Gasteiger partial charge in [0.15, 0.2) is 5.11 Å². The molecule has 1 fully saturated rings. The van der Waals surface area contributed by atoms with Crippen LogP contribution < -0.4 is 10.1 Å². The summed E-state index contributed by atoms with van der Waals surface area (Å²) in [5, 5.41) is 3.94. The summed E-state index contributed by atoms with van der Waals surface area (Å²) in [6.45, 7) is 4.87. The van der Waals surface area contributed by atoms with Crippen LogP contribution in [0.3, 0.4) is 0 Å². The van der Waals surface area contributed by atoms with E-state index in [4.69, 9.17) is 21.7 Å². The van der Waals surface area contributed by atoms with Crippen molar-refractivity contribution in [1.29, 1.82) is 0 Å². The lowest BCUT2D eigenvalue weighted by atomic mass is 10.2. The number of nitrogens with zero attached hydrogens (tertiary/aromatic N) is 3. The molecule has 3 rings (SSSR count). The summed E-state index contributed by atoms with van der Waals surface area (Å²) in [6, 6.07) is 7.07. The van der Waals surface area contributed by atoms with Gasteiger partial charge in [-0.25, -0.2) is 13.4 Å². The Morgan fingerprint density at radius 2 is 2.12 bits per heavy atom. The van der Waals surface area contributed by atoms with Crippen LogP contribution in [-0.4, -0.2) is 61.9 Å². The van der Waals surface area contributed by atoms with Crippen LogP contribution in [0.4, 0.5) is 0 Å². The zero-order valence-corrected chi connectivity index (χ0v) is 20.5. The number of sulfone groups is 1. The maximum atomic E-state index is 13.3. The van der Waals surface area contributed by atoms with E-state index in [1.807, 2.05) is 6.92 Å². The second-order valence-electron chi connectivity index (χ2n) is 7.95. The van der Waals surface area contributed by atoms with Crippen LogP contribution in [-0.2, 0) is 33.4 Å². The monoisotopic (exact) mass is 480 g/mol. The fourth-order valence-corrected chi connectivity index (χ4v) is 5.31. The molecule has 1 aromatic heterocycles. The van der Waals surface area contributed by atoms with E-state index in [1.165, 1.54) is 12.8 Å². The van der Waals surface area contributed by atoms with Gasteiger partial charge in [-0.1, -0.05) is 12.1 Å². The molecule has 0 amide bonds. The topological polar surface area (TPSA) is 85.7 Å². The van der Waals surface area contributed by atoms with Crippen LogP contribution in [0.15, 0.2) is 35.6 Å². The molecule has 0 spiro atoms. The Morgan fingerprint density at radius 3 is 2.78 bits per heavy atom. The van der Waals surface area contributed by atoms with E-state index in [0.717, 1.165) is 18.8 Å². The Balaban J connectivity index is 1.88. The Morgan fingerprint density at radius 1 is 1.34 bits per heavy atom. The largest absolute Gasteiger partial charge is 0.497 e. The van der Waals surface area contributed by atoms with E-state index in [1.54, 1.807) is 49.2 Å². The highest BCUT2D eigenvalue weighted by Crippen LogP contribution is 2.30. The van der Waals surface area contributed by atoms with Gasteiger partial charge in [0.05, 0.1) is 37.9 Å². The summed E-state index contributed by atoms with van der Waals surface area (Å²) in [4.78, 5) is 6.44. The summed E-state index contributed by atoms with van der Waals surface area (Å²) < 4.78 is 38.8. The molecule has 8 nitrogen and oxygen atoms in total. The van der Waals surface area contributed by atoms with E-state index in [2.05, 4.69) is 15.2 Å². The normalized spacial score (nSPS) is 13.7. The van der Waals surface area contributed by atoms with E-state index >= 15 is 0 Å². The molecule has 0 atom stereocenters. The number of hydrogen-bond donors (Lipinski definition) is 1. The van der Waals surface area contributed by atoms with Gasteiger partial charge in [-0.15, -0.1) is 0 Å². The molecule has 0 bridgehead atoms. The van der Waals surface area contributed by atoms with Crippen molar-refractivity contribution >= 4 is 27.2 Å². The van der Waals surface area contributed by atoms with Crippen LogP contribution in [0, 0.1) is 5.92 Å². The number of benzene rings is 1. The van der Waals surface area contributed by atoms with Crippen LogP contribution in [0.5, 0.6) is 5.75 Å². The quantitative estimate of drug-likeness (QED) is 0.464. The second kappa shape index (κ2) is 11.1. The van der Waals surface area contributed by atoms with Gasteiger partial charge in [-0.3, -0.25) is 0 Å². The van der Waals surface area contributed by atoms with Crippen molar-refractivity contribution in [2.24, 2.45) is 5.92 Å². The predicted octanol–water partition coefficient (Wildman–Crippen LogP) is 2.62. The lowest BCUT2D eigenvalue weighted by molar-refractivity contribution is 0.182. The average Bonchev–Trinajstić information content (AvgIpc) is 3.49. The third-order valence-electron chi connectivity index (χ3n) is 5.33. The number of hydrogen-bond acceptors (Lipinski definition) is 6. The molecular weight excluding hydrogens is 448 g/mol. The fourth-order valence-electron chi connectivity index (χ4n) is 3.52. The van der Waals surface area contributed by atoms with Crippen molar-refractivity contribution in [2.75, 3.05) is 33.9 Å². The highest BCUT2D eigenvalue weighted by molar-refractivity contribution is 7.90. The van der Waals surface area contributed by atoms with Crippen molar-refractivity contribution in [3.8, 4) is 5.75 Å². The van der Waals surface area contributed by atoms with Gasteiger partial charge in [0.1, 0.15) is 5.75 Å². The molecular formula is C22H32N4O4S2. The molecule has 176 valence electrons. The molecule has 1 aromatic carbocycles. The molecule has 0 radical (unpaired) electrons. The van der Waals surface area contributed by atoms with Crippen LogP contribution in [0.1, 0.15) is 31.0 Å². The first-order valence-corrected chi connectivity index (χ1v) is 12.9. The van der Waals surface area contributed by atoms with Crippen molar-refractivity contribution < 1.29 is 17.9 Å². The summed E-state index contributed by atoms with van der Waals surface area (Å²) in [7, 11) is -0.526. The number of rotatable bonds is 12. The Kier molecular flexibility index (Phi) is 8.50. The summed E-state index contributed by atoms with van der Waals surface area (Å²) in [6.07, 6.45) is 4.05. The van der Waals surface area contributed by atoms with E-state index in [9.17, 15) is 8.42 Å². The first-order chi connectivity index (χ1) is 15.4. The number of aromatic nitrogens is 2. The maximum absolute atomic E-state index is 13.3. The van der Waals surface area contributed by atoms with Crippen molar-refractivity contribution in [2.45, 2.75) is 43.8 Å². The predicted molar refractivity (Wildman–Crippen MR) is 127 cm³/mol. The first kappa shape index (κ1) is 24.5. The van der Waals surface area contributed by atoms with Gasteiger partial charge < -0.3 is 24.3 Å². The first-order valence-electron chi connectivity index (χ1n) is 10.8. The summed E-state index contributed by atoms with van der Waals surface area (Å²) in [5.41, 5.74) is 1.45. The van der Waals surface area contributed by atoms with Gasteiger partial charge in [-0.05, 0) is 55.6 Å². The molecule has 1 aliphatic rings. The van der Waals surface area contributed by atoms with E-state index in [0.29, 0.717) is 42.0 Å². The van der Waals surface area contributed by atoms with Gasteiger partial charge in [-0.2, -0.15) is 0 Å². The molecule has 0 saturated heterocycles. The molecule has 1 N–H and O–H groups in total. The lowest BCUT2D eigenvalue weighted by Crippen LogP contribution is -2.40. The molecule has 0 aliphatic heterocycles. The molecule has 32 heavy (non-hydrogen) atoms. The van der Waals surface area contributed by atoms with Gasteiger partial charge in [0, 0.05) is 26.7 Å². The zero-order chi connectivity index (χ0) is 23.1. The maximum Gasteiger partial charge on any atom is 0.228 e. The van der Waals surface area contributed by atoms with E-state index in [-0.39, 0.29) is 10.9 Å². The molecule has 1 heterocycles. The fraction of sp³-hybridized carbons (Fsp3) is 0.545. The highest BCUT2D eigenvalue weighted by atomic mass is 32.2. The highest BCUT2D eigenvalue weighted by Gasteiger charge is 2.28. The Bertz CT molecular complexity index is 1020. The number of thiocarbonyl (C=S) groups is 1. The minimum absolute atomic E-state index is 0.0492. The van der Waals surface area contributed by atoms with Crippen LogP contribution in [0.25, 0.3) is 0 Å². The minimum atomic E-state index is -3.68. The SMILES string of the molecule is CCNC(=S)N(Cc1cnc(S(=O)(=O)Cc2cccc(OC)c2)n1CCOC)CC1CC1. The van der Waals surface area contributed by atoms with Gasteiger partial charge in [0.2, 0.25) is 15.0 Å². The average molecular weight is 481 g/mol. The van der Waals surface area contributed by atoms with Gasteiger partial charge in [0.25, 0.3) is 0 Å². The summed E-state index contributed by atoms with van der Waals surface area (Å²) in [5.74, 6) is 1.10. The lowest BCUT2D eigenvalue weighted by Gasteiger charge is -2.26. The number of nitrogens with one attached hydrogen (secondary N) is 1. The Labute approximate surface area is 195 Å². The standard InChI is InChI=1S/C22H32N4O4S2/c1-4-23-21(31)25(14-17-8-9-17)15-19-13-24-22(26(19)10-11-29-2)32(27,28)16-18-6-5-7-20(12-18)30-3/h5-7,12-13,17H,4,8-11,14-16H2,1-3H3,(H,23,31). The molecule has 1 aliphatic carbocycles. The van der Waals surface area contributed by atoms with E-state index < -0.39 is 9.84 Å². The van der Waals surface area contributed by atoms with Crippen molar-refractivity contribution in [3.63, 3.8) is 0 Å². The third-order valence-corrected chi connectivity index (χ3v) is 7.33. The van der Waals surface area contributed by atoms with Gasteiger partial charge >= 0.3 is 0 Å². The number of imidazole rings is 1. The Hall–Kier alpha value is -2.17. The van der Waals surface area contributed by atoms with Crippen LogP contribution >= 0.6 is 12.2 Å². The molecule has 0 unspecified atom stereocenters. The second-order valence-corrected chi connectivity index (χ2v) is 10.2. The number of ether oxygens (including phenoxy) is 2. The summed E-state index contributed by atoms with van der Waals surface area (Å²) >= 11 is 5.57.